The van der Waals surface area contributed by atoms with E-state index in [4.69, 9.17) is 19.2 Å². The quantitative estimate of drug-likeness (QED) is 0.162. The summed E-state index contributed by atoms with van der Waals surface area (Å²) < 4.78 is 16.6. The lowest BCUT2D eigenvalue weighted by Crippen LogP contribution is -2.22. The minimum Gasteiger partial charge on any atom is -0.493 e. The van der Waals surface area contributed by atoms with E-state index in [0.29, 0.717) is 49.8 Å². The standard InChI is InChI=1S/C33H28N4O4S2/c1-20(31(38)37-33-36-27(19-42-33)22-13-9-6-10-14-22)43-32-25(18-34)24(17-26(35-32)21-11-7-5-8-12-21)23-15-28(39-2)30(41-4)29(16-23)40-3/h5-17,19-20H,1-4H3,(H,36,37,38). The number of carbonyl (C=O) groups excluding carboxylic acids is 1. The van der Waals surface area contributed by atoms with Crippen molar-refractivity contribution in [2.75, 3.05) is 26.6 Å². The molecule has 0 saturated heterocycles. The van der Waals surface area contributed by atoms with Gasteiger partial charge in [0.1, 0.15) is 11.1 Å². The lowest BCUT2D eigenvalue weighted by molar-refractivity contribution is -0.115. The molecule has 0 aliphatic carbocycles. The number of amides is 1. The van der Waals surface area contributed by atoms with Gasteiger partial charge in [-0.15, -0.1) is 11.3 Å². The van der Waals surface area contributed by atoms with Crippen molar-refractivity contribution in [3.05, 3.63) is 89.8 Å². The van der Waals surface area contributed by atoms with Gasteiger partial charge < -0.3 is 19.5 Å². The highest BCUT2D eigenvalue weighted by molar-refractivity contribution is 8.00. The van der Waals surface area contributed by atoms with Gasteiger partial charge in [-0.25, -0.2) is 9.97 Å². The van der Waals surface area contributed by atoms with Crippen LogP contribution in [0.5, 0.6) is 17.2 Å². The Hall–Kier alpha value is -4.85. The van der Waals surface area contributed by atoms with Crippen LogP contribution in [0.2, 0.25) is 0 Å². The van der Waals surface area contributed by atoms with Crippen LogP contribution in [0, 0.1) is 11.3 Å². The minimum atomic E-state index is -0.581. The molecule has 5 aromatic rings. The van der Waals surface area contributed by atoms with Crippen molar-refractivity contribution in [2.45, 2.75) is 17.2 Å². The van der Waals surface area contributed by atoms with Crippen molar-refractivity contribution >= 4 is 34.1 Å². The first-order valence-corrected chi connectivity index (χ1v) is 15.0. The summed E-state index contributed by atoms with van der Waals surface area (Å²) >= 11 is 2.57. The van der Waals surface area contributed by atoms with Crippen molar-refractivity contribution in [2.24, 2.45) is 0 Å². The van der Waals surface area contributed by atoms with Crippen LogP contribution in [0.25, 0.3) is 33.6 Å². The van der Waals surface area contributed by atoms with Gasteiger partial charge in [-0.2, -0.15) is 5.26 Å². The van der Waals surface area contributed by atoms with Gasteiger partial charge in [0.2, 0.25) is 11.7 Å². The van der Waals surface area contributed by atoms with Gasteiger partial charge >= 0.3 is 0 Å². The molecule has 8 nitrogen and oxygen atoms in total. The van der Waals surface area contributed by atoms with Crippen molar-refractivity contribution in [1.29, 1.82) is 5.26 Å². The van der Waals surface area contributed by atoms with Crippen LogP contribution in [0.1, 0.15) is 12.5 Å². The van der Waals surface area contributed by atoms with E-state index in [1.165, 1.54) is 30.2 Å². The Bertz CT molecular complexity index is 1760. The second-order valence-electron chi connectivity index (χ2n) is 9.28. The van der Waals surface area contributed by atoms with Gasteiger partial charge in [0, 0.05) is 22.1 Å². The average molecular weight is 609 g/mol. The van der Waals surface area contributed by atoms with Crippen LogP contribution in [0.3, 0.4) is 0 Å². The Morgan fingerprint density at radius 1 is 0.860 bits per heavy atom. The van der Waals surface area contributed by atoms with Gasteiger partial charge in [-0.3, -0.25) is 4.79 Å². The molecule has 5 rings (SSSR count). The third-order valence-corrected chi connectivity index (χ3v) is 8.45. The molecule has 0 aliphatic heterocycles. The van der Waals surface area contributed by atoms with Crippen molar-refractivity contribution in [3.8, 4) is 57.0 Å². The largest absolute Gasteiger partial charge is 0.493 e. The Morgan fingerprint density at radius 3 is 2.02 bits per heavy atom. The number of hydrogen-bond donors (Lipinski definition) is 1. The third kappa shape index (κ3) is 6.48. The second kappa shape index (κ2) is 13.4. The molecule has 1 N–H and O–H groups in total. The summed E-state index contributed by atoms with van der Waals surface area (Å²) in [5.41, 5.74) is 4.93. The number of pyridine rings is 1. The zero-order chi connectivity index (χ0) is 30.3. The van der Waals surface area contributed by atoms with Crippen LogP contribution in [0.15, 0.2) is 89.3 Å². The van der Waals surface area contributed by atoms with Gasteiger partial charge in [0.15, 0.2) is 16.6 Å². The number of benzene rings is 3. The number of rotatable bonds is 10. The van der Waals surface area contributed by atoms with E-state index in [0.717, 1.165) is 16.8 Å². The summed E-state index contributed by atoms with van der Waals surface area (Å²) in [5.74, 6) is 1.12. The predicted octanol–water partition coefficient (Wildman–Crippen LogP) is 7.56. The third-order valence-electron chi connectivity index (χ3n) is 6.60. The Kier molecular flexibility index (Phi) is 9.25. The number of thiazole rings is 1. The number of ether oxygens (including phenoxy) is 3. The molecule has 0 saturated carbocycles. The van der Waals surface area contributed by atoms with Gasteiger partial charge in [0.25, 0.3) is 0 Å². The first-order chi connectivity index (χ1) is 20.9. The molecule has 2 heterocycles. The SMILES string of the molecule is COc1cc(-c2cc(-c3ccccc3)nc(SC(C)C(=O)Nc3nc(-c4ccccc4)cs3)c2C#N)cc(OC)c1OC. The lowest BCUT2D eigenvalue weighted by atomic mass is 9.98. The highest BCUT2D eigenvalue weighted by atomic mass is 32.2. The normalized spacial score (nSPS) is 11.3. The molecule has 0 spiro atoms. The summed E-state index contributed by atoms with van der Waals surface area (Å²) in [6.07, 6.45) is 0. The van der Waals surface area contributed by atoms with E-state index in [1.54, 1.807) is 33.3 Å². The van der Waals surface area contributed by atoms with Crippen LogP contribution in [-0.2, 0) is 4.79 Å². The maximum Gasteiger partial charge on any atom is 0.239 e. The average Bonchev–Trinajstić information content (AvgIpc) is 3.52. The molecule has 3 aromatic carbocycles. The predicted molar refractivity (Wildman–Crippen MR) is 171 cm³/mol. The van der Waals surface area contributed by atoms with E-state index in [1.807, 2.05) is 72.1 Å². The van der Waals surface area contributed by atoms with Crippen LogP contribution >= 0.6 is 23.1 Å². The van der Waals surface area contributed by atoms with Crippen molar-refractivity contribution in [1.82, 2.24) is 9.97 Å². The van der Waals surface area contributed by atoms with E-state index in [2.05, 4.69) is 16.4 Å². The number of hydrogen-bond acceptors (Lipinski definition) is 9. The summed E-state index contributed by atoms with van der Waals surface area (Å²) in [4.78, 5) is 22.7. The zero-order valence-corrected chi connectivity index (χ0v) is 25.6. The molecule has 1 atom stereocenters. The molecule has 10 heteroatoms. The number of nitriles is 1. The lowest BCUT2D eigenvalue weighted by Gasteiger charge is -2.17. The number of nitrogens with one attached hydrogen (secondary N) is 1. The minimum absolute atomic E-state index is 0.246. The Balaban J connectivity index is 1.51. The maximum atomic E-state index is 13.3. The molecule has 1 amide bonds. The Morgan fingerprint density at radius 2 is 1.47 bits per heavy atom. The first-order valence-electron chi connectivity index (χ1n) is 13.2. The van der Waals surface area contributed by atoms with E-state index in [-0.39, 0.29) is 5.91 Å². The van der Waals surface area contributed by atoms with Crippen LogP contribution in [0.4, 0.5) is 5.13 Å². The molecule has 0 aliphatic rings. The highest BCUT2D eigenvalue weighted by Crippen LogP contribution is 2.44. The number of methoxy groups -OCH3 is 3. The summed E-state index contributed by atoms with van der Waals surface area (Å²) in [5, 5.41) is 15.5. The zero-order valence-electron chi connectivity index (χ0n) is 24.0. The summed E-state index contributed by atoms with van der Waals surface area (Å²) in [6, 6.07) is 27.2. The van der Waals surface area contributed by atoms with Gasteiger partial charge in [-0.1, -0.05) is 72.4 Å². The fourth-order valence-electron chi connectivity index (χ4n) is 4.44. The topological polar surface area (TPSA) is 106 Å². The fourth-order valence-corrected chi connectivity index (χ4v) is 6.08. The van der Waals surface area contributed by atoms with Crippen LogP contribution < -0.4 is 19.5 Å². The molecule has 0 radical (unpaired) electrons. The molecule has 43 heavy (non-hydrogen) atoms. The molecule has 2 aromatic heterocycles. The van der Waals surface area contributed by atoms with E-state index in [9.17, 15) is 10.1 Å². The summed E-state index contributed by atoms with van der Waals surface area (Å²) in [6.45, 7) is 1.78. The van der Waals surface area contributed by atoms with Crippen molar-refractivity contribution < 1.29 is 19.0 Å². The van der Waals surface area contributed by atoms with E-state index < -0.39 is 5.25 Å². The summed E-state index contributed by atoms with van der Waals surface area (Å²) in [7, 11) is 4.62. The number of carbonyl (C=O) groups is 1. The molecule has 1 unspecified atom stereocenters. The molecule has 216 valence electrons. The second-order valence-corrected chi connectivity index (χ2v) is 11.5. The number of thioether (sulfide) groups is 1. The molecule has 0 bridgehead atoms. The highest BCUT2D eigenvalue weighted by Gasteiger charge is 2.24. The smallest absolute Gasteiger partial charge is 0.239 e. The van der Waals surface area contributed by atoms with Gasteiger partial charge in [-0.05, 0) is 30.7 Å². The number of anilines is 1. The van der Waals surface area contributed by atoms with Crippen molar-refractivity contribution in [3.63, 3.8) is 0 Å². The Labute approximate surface area is 258 Å². The monoisotopic (exact) mass is 608 g/mol. The molecular weight excluding hydrogens is 581 g/mol. The first kappa shape index (κ1) is 29.6. The maximum absolute atomic E-state index is 13.3. The molecular formula is C33H28N4O4S2. The van der Waals surface area contributed by atoms with E-state index >= 15 is 0 Å². The van der Waals surface area contributed by atoms with Gasteiger partial charge in [0.05, 0.1) is 43.5 Å². The molecule has 0 fully saturated rings. The van der Waals surface area contributed by atoms with Crippen LogP contribution in [-0.4, -0.2) is 42.5 Å². The number of aromatic nitrogens is 2. The fraction of sp³-hybridized carbons (Fsp3) is 0.152. The number of nitrogens with zero attached hydrogens (tertiary/aromatic N) is 3.